The number of likely N-dealkylation sites (tertiary alicyclic amines) is 1. The van der Waals surface area contributed by atoms with E-state index in [1.165, 1.54) is 11.3 Å². The Bertz CT molecular complexity index is 723. The number of nitrogens with one attached hydrogen (secondary N) is 1. The number of anilines is 1. The van der Waals surface area contributed by atoms with Crippen molar-refractivity contribution >= 4 is 17.5 Å². The lowest BCUT2D eigenvalue weighted by molar-refractivity contribution is -0.139. The minimum atomic E-state index is -0.129. The number of amides is 2. The molecule has 5 heteroatoms. The first-order valence-electron chi connectivity index (χ1n) is 8.61. The van der Waals surface area contributed by atoms with Crippen molar-refractivity contribution < 1.29 is 14.3 Å². The van der Waals surface area contributed by atoms with Gasteiger partial charge in [0.25, 0.3) is 0 Å². The summed E-state index contributed by atoms with van der Waals surface area (Å²) >= 11 is 0. The normalized spacial score (nSPS) is 38.1. The summed E-state index contributed by atoms with van der Waals surface area (Å²) in [6, 6.07) is 7.53. The van der Waals surface area contributed by atoms with Gasteiger partial charge in [-0.25, -0.2) is 0 Å². The van der Waals surface area contributed by atoms with Gasteiger partial charge in [-0.3, -0.25) is 14.5 Å². The van der Waals surface area contributed by atoms with Gasteiger partial charge in [-0.05, 0) is 42.2 Å². The second kappa shape index (κ2) is 4.85. The number of hydrogen-bond donors (Lipinski definition) is 1. The van der Waals surface area contributed by atoms with Crippen LogP contribution in [-0.4, -0.2) is 30.5 Å². The monoisotopic (exact) mass is 324 g/mol. The molecule has 1 saturated heterocycles. The quantitative estimate of drug-likeness (QED) is 0.681. The minimum Gasteiger partial charge on any atom is -0.495 e. The van der Waals surface area contributed by atoms with Crippen LogP contribution in [0.5, 0.6) is 5.75 Å². The van der Waals surface area contributed by atoms with E-state index in [9.17, 15) is 9.59 Å². The lowest BCUT2D eigenvalue weighted by Gasteiger charge is -2.37. The van der Waals surface area contributed by atoms with E-state index in [4.69, 9.17) is 4.74 Å². The van der Waals surface area contributed by atoms with Crippen LogP contribution in [0.1, 0.15) is 6.42 Å². The van der Waals surface area contributed by atoms with Gasteiger partial charge in [0, 0.05) is 0 Å². The Morgan fingerprint density at radius 3 is 2.33 bits per heavy atom. The van der Waals surface area contributed by atoms with E-state index in [0.29, 0.717) is 17.6 Å². The maximum atomic E-state index is 12.9. The zero-order valence-corrected chi connectivity index (χ0v) is 13.5. The highest BCUT2D eigenvalue weighted by Gasteiger charge is 2.66. The molecule has 1 aliphatic heterocycles. The molecule has 2 saturated carbocycles. The van der Waals surface area contributed by atoms with Crippen LogP contribution in [0.2, 0.25) is 0 Å². The van der Waals surface area contributed by atoms with E-state index in [0.717, 1.165) is 5.69 Å². The molecule has 0 radical (unpaired) electrons. The predicted molar refractivity (Wildman–Crippen MR) is 88.0 cm³/mol. The van der Waals surface area contributed by atoms with Crippen LogP contribution in [0.3, 0.4) is 0 Å². The molecule has 5 aliphatic rings. The van der Waals surface area contributed by atoms with Crippen molar-refractivity contribution in [3.8, 4) is 5.75 Å². The molecule has 5 nitrogen and oxygen atoms in total. The van der Waals surface area contributed by atoms with Crippen molar-refractivity contribution in [2.75, 3.05) is 19.1 Å². The third-order valence-corrected chi connectivity index (χ3v) is 6.29. The molecule has 0 unspecified atom stereocenters. The highest BCUT2D eigenvalue weighted by Crippen LogP contribution is 2.65. The molecule has 1 N–H and O–H groups in total. The number of methoxy groups -OCH3 is 1. The number of hydrogen-bond acceptors (Lipinski definition) is 4. The zero-order chi connectivity index (χ0) is 16.4. The molecule has 1 heterocycles. The van der Waals surface area contributed by atoms with Gasteiger partial charge in [0.05, 0.1) is 31.3 Å². The molecule has 1 aromatic rings. The summed E-state index contributed by atoms with van der Waals surface area (Å²) in [5.74, 6) is 2.27. The van der Waals surface area contributed by atoms with Crippen molar-refractivity contribution in [2.45, 2.75) is 6.42 Å². The Hall–Kier alpha value is -2.30. The van der Waals surface area contributed by atoms with E-state index in [-0.39, 0.29) is 42.2 Å². The molecular formula is C19H20N2O3. The summed E-state index contributed by atoms with van der Waals surface area (Å²) < 4.78 is 5.31. The van der Waals surface area contributed by atoms with Crippen molar-refractivity contribution in [1.29, 1.82) is 0 Å². The summed E-state index contributed by atoms with van der Waals surface area (Å²) in [6.07, 6.45) is 5.58. The largest absolute Gasteiger partial charge is 0.495 e. The predicted octanol–water partition coefficient (Wildman–Crippen LogP) is 2.12. The van der Waals surface area contributed by atoms with Crippen LogP contribution >= 0.6 is 0 Å². The second-order valence-electron chi connectivity index (χ2n) is 7.29. The fourth-order valence-electron chi connectivity index (χ4n) is 5.13. The Morgan fingerprint density at radius 1 is 1.08 bits per heavy atom. The summed E-state index contributed by atoms with van der Waals surface area (Å²) in [7, 11) is 1.61. The van der Waals surface area contributed by atoms with Crippen LogP contribution in [0, 0.1) is 35.5 Å². The Morgan fingerprint density at radius 2 is 1.71 bits per heavy atom. The molecule has 6 atom stereocenters. The molecule has 124 valence electrons. The number of nitrogens with zero attached hydrogens (tertiary/aromatic N) is 1. The lowest BCUT2D eigenvalue weighted by atomic mass is 9.63. The number of allylic oxidation sites excluding steroid dienone is 2. The number of rotatable bonds is 4. The van der Waals surface area contributed by atoms with Crippen molar-refractivity contribution in [3.05, 3.63) is 36.4 Å². The molecule has 1 aromatic carbocycles. The van der Waals surface area contributed by atoms with Crippen molar-refractivity contribution in [3.63, 3.8) is 0 Å². The average molecular weight is 324 g/mol. The Kier molecular flexibility index (Phi) is 2.84. The van der Waals surface area contributed by atoms with Gasteiger partial charge in [0.2, 0.25) is 11.8 Å². The van der Waals surface area contributed by atoms with Crippen LogP contribution < -0.4 is 10.1 Å². The van der Waals surface area contributed by atoms with Gasteiger partial charge in [-0.15, -0.1) is 0 Å². The second-order valence-corrected chi connectivity index (χ2v) is 7.29. The van der Waals surface area contributed by atoms with Gasteiger partial charge in [0.15, 0.2) is 0 Å². The number of carbonyl (C=O) groups is 2. The summed E-state index contributed by atoms with van der Waals surface area (Å²) in [6.45, 7) is 0.208. The topological polar surface area (TPSA) is 58.6 Å². The highest BCUT2D eigenvalue weighted by atomic mass is 16.5. The van der Waals surface area contributed by atoms with Crippen LogP contribution in [0.15, 0.2) is 36.4 Å². The third kappa shape index (κ3) is 1.75. The Labute approximate surface area is 140 Å². The van der Waals surface area contributed by atoms with Crippen molar-refractivity contribution in [1.82, 2.24) is 4.90 Å². The number of carbonyl (C=O) groups excluding carboxylic acids is 2. The van der Waals surface area contributed by atoms with Gasteiger partial charge in [-0.2, -0.15) is 0 Å². The summed E-state index contributed by atoms with van der Waals surface area (Å²) in [5.41, 5.74) is 0.791. The maximum absolute atomic E-state index is 12.9. The number of benzene rings is 1. The zero-order valence-electron chi connectivity index (χ0n) is 13.5. The number of ether oxygens (including phenoxy) is 1. The first kappa shape index (κ1) is 14.1. The molecule has 3 fully saturated rings. The van der Waals surface area contributed by atoms with Crippen molar-refractivity contribution in [2.24, 2.45) is 35.5 Å². The van der Waals surface area contributed by atoms with Crippen LogP contribution in [0.25, 0.3) is 0 Å². The first-order valence-corrected chi connectivity index (χ1v) is 8.61. The van der Waals surface area contributed by atoms with E-state index in [1.807, 2.05) is 24.3 Å². The molecule has 2 amide bonds. The highest BCUT2D eigenvalue weighted by molar-refractivity contribution is 6.06. The lowest BCUT2D eigenvalue weighted by Crippen LogP contribution is -2.40. The van der Waals surface area contributed by atoms with E-state index >= 15 is 0 Å². The third-order valence-electron chi connectivity index (χ3n) is 6.29. The van der Waals surface area contributed by atoms with Crippen LogP contribution in [0.4, 0.5) is 5.69 Å². The van der Waals surface area contributed by atoms with E-state index in [2.05, 4.69) is 17.5 Å². The number of para-hydroxylation sites is 2. The van der Waals surface area contributed by atoms with E-state index in [1.54, 1.807) is 7.11 Å². The van der Waals surface area contributed by atoms with Gasteiger partial charge >= 0.3 is 0 Å². The fourth-order valence-corrected chi connectivity index (χ4v) is 5.13. The molecule has 6 rings (SSSR count). The molecule has 24 heavy (non-hydrogen) atoms. The minimum absolute atomic E-state index is 0.00269. The maximum Gasteiger partial charge on any atom is 0.235 e. The Balaban J connectivity index is 1.37. The smallest absolute Gasteiger partial charge is 0.235 e. The average Bonchev–Trinajstić information content (AvgIpc) is 3.39. The molecule has 2 bridgehead atoms. The number of imide groups is 1. The molecule has 4 aliphatic carbocycles. The first-order chi connectivity index (χ1) is 11.7. The summed E-state index contributed by atoms with van der Waals surface area (Å²) in [5, 5.41) is 3.19. The molecule has 0 spiro atoms. The fraction of sp³-hybridized carbons (Fsp3) is 0.474. The SMILES string of the molecule is COc1ccccc1NCN1C(=O)[C@@H]2[C@@H]3C=C[C@H]([C@@H]4C[C@@H]34)[C@@H]2C1=O. The standard InChI is InChI=1S/C19H20N2O3/c1-24-15-5-3-2-4-14(15)20-9-21-18(22)16-10-6-7-11(13-8-12(10)13)17(16)19(21)23/h2-7,10-13,16-17,20H,8-9H2,1H3/t10-,11-,12+,13+,16-,17+/m1/s1. The van der Waals surface area contributed by atoms with Gasteiger partial charge in [-0.1, -0.05) is 24.3 Å². The van der Waals surface area contributed by atoms with Gasteiger partial charge < -0.3 is 10.1 Å². The van der Waals surface area contributed by atoms with E-state index < -0.39 is 0 Å². The molecule has 0 aromatic heterocycles. The summed E-state index contributed by atoms with van der Waals surface area (Å²) in [4.78, 5) is 27.2. The van der Waals surface area contributed by atoms with Crippen LogP contribution in [-0.2, 0) is 9.59 Å². The van der Waals surface area contributed by atoms with Gasteiger partial charge in [0.1, 0.15) is 5.75 Å². The molecular weight excluding hydrogens is 304 g/mol.